The quantitative estimate of drug-likeness (QED) is 0.720. The van der Waals surface area contributed by atoms with E-state index in [4.69, 9.17) is 32.7 Å². The molecule has 1 aromatic rings. The summed E-state index contributed by atoms with van der Waals surface area (Å²) in [5, 5.41) is 0. The normalized spacial score (nSPS) is 25.2. The van der Waals surface area contributed by atoms with Gasteiger partial charge in [-0.1, -0.05) is 53.5 Å². The number of rotatable bonds is 1. The van der Waals surface area contributed by atoms with Crippen molar-refractivity contribution in [3.05, 3.63) is 42.0 Å². The van der Waals surface area contributed by atoms with Crippen molar-refractivity contribution >= 4 is 28.8 Å². The average molecular weight is 257 g/mol. The predicted molar refractivity (Wildman–Crippen MR) is 63.5 cm³/mol. The zero-order valence-corrected chi connectivity index (χ0v) is 9.96. The van der Waals surface area contributed by atoms with Crippen LogP contribution in [0.5, 0.6) is 0 Å². The second-order valence-electron chi connectivity index (χ2n) is 3.86. The van der Waals surface area contributed by atoms with Crippen LogP contribution in [0.3, 0.4) is 0 Å². The van der Waals surface area contributed by atoms with Crippen LogP contribution >= 0.6 is 23.2 Å². The monoisotopic (exact) mass is 256 g/mol. The van der Waals surface area contributed by atoms with Gasteiger partial charge < -0.3 is 9.47 Å². The molecule has 0 N–H and O–H groups in total. The van der Waals surface area contributed by atoms with Crippen molar-refractivity contribution in [3.8, 4) is 0 Å². The van der Waals surface area contributed by atoms with Gasteiger partial charge in [0.05, 0.1) is 13.2 Å². The average Bonchev–Trinajstić information content (AvgIpc) is 2.79. The molecule has 0 saturated carbocycles. The molecule has 1 spiro atoms. The fourth-order valence-electron chi connectivity index (χ4n) is 2.06. The summed E-state index contributed by atoms with van der Waals surface area (Å²) in [7, 11) is 0. The molecule has 1 aromatic carbocycles. The number of ether oxygens (including phenoxy) is 2. The van der Waals surface area contributed by atoms with Crippen LogP contribution in [0.25, 0.3) is 5.57 Å². The smallest absolute Gasteiger partial charge is 0.227 e. The molecule has 1 saturated heterocycles. The van der Waals surface area contributed by atoms with Gasteiger partial charge in [-0.05, 0) is 11.6 Å². The third kappa shape index (κ3) is 1.28. The van der Waals surface area contributed by atoms with Gasteiger partial charge in [0.15, 0.2) is 0 Å². The first-order valence-electron chi connectivity index (χ1n) is 5.10. The molecule has 0 aromatic heterocycles. The molecule has 2 aliphatic rings. The summed E-state index contributed by atoms with van der Waals surface area (Å²) in [6, 6.07) is 9.77. The summed E-state index contributed by atoms with van der Waals surface area (Å²) in [5.41, 5.74) is 1.84. The zero-order valence-electron chi connectivity index (χ0n) is 8.45. The second kappa shape index (κ2) is 3.47. The van der Waals surface area contributed by atoms with Gasteiger partial charge >= 0.3 is 0 Å². The maximum atomic E-state index is 6.32. The van der Waals surface area contributed by atoms with E-state index in [1.807, 2.05) is 36.4 Å². The molecule has 0 unspecified atom stereocenters. The number of alkyl halides is 2. The summed E-state index contributed by atoms with van der Waals surface area (Å²) < 4.78 is 9.84. The van der Waals surface area contributed by atoms with Gasteiger partial charge in [0, 0.05) is 5.57 Å². The Balaban J connectivity index is 2.00. The van der Waals surface area contributed by atoms with Gasteiger partial charge in [-0.25, -0.2) is 0 Å². The van der Waals surface area contributed by atoms with Crippen molar-refractivity contribution in [2.45, 2.75) is 10.1 Å². The molecule has 3 rings (SSSR count). The third-order valence-electron chi connectivity index (χ3n) is 2.91. The second-order valence-corrected chi connectivity index (χ2v) is 5.19. The minimum absolute atomic E-state index is 0.528. The number of benzene rings is 1. The Hall–Kier alpha value is -0.540. The SMILES string of the molecule is ClC1(Cl)C(c2ccccc2)=CC12OCCO2. The first kappa shape index (κ1) is 10.6. The van der Waals surface area contributed by atoms with E-state index < -0.39 is 10.1 Å². The van der Waals surface area contributed by atoms with Crippen molar-refractivity contribution in [2.75, 3.05) is 13.2 Å². The maximum Gasteiger partial charge on any atom is 0.227 e. The van der Waals surface area contributed by atoms with E-state index in [0.29, 0.717) is 13.2 Å². The Morgan fingerprint density at radius 2 is 1.62 bits per heavy atom. The lowest BCUT2D eigenvalue weighted by molar-refractivity contribution is -0.127. The molecule has 1 aliphatic heterocycles. The minimum Gasteiger partial charge on any atom is -0.341 e. The highest BCUT2D eigenvalue weighted by Crippen LogP contribution is 2.58. The van der Waals surface area contributed by atoms with E-state index in [0.717, 1.165) is 11.1 Å². The summed E-state index contributed by atoms with van der Waals surface area (Å²) in [4.78, 5) is 0. The molecule has 0 bridgehead atoms. The largest absolute Gasteiger partial charge is 0.341 e. The molecule has 0 atom stereocenters. The highest BCUT2D eigenvalue weighted by molar-refractivity contribution is 6.56. The molecule has 0 radical (unpaired) electrons. The predicted octanol–water partition coefficient (Wildman–Crippen LogP) is 3.00. The van der Waals surface area contributed by atoms with Gasteiger partial charge in [0.2, 0.25) is 10.1 Å². The lowest BCUT2D eigenvalue weighted by atomic mass is 9.85. The van der Waals surface area contributed by atoms with Crippen LogP contribution in [-0.2, 0) is 9.47 Å². The fraction of sp³-hybridized carbons (Fsp3) is 0.333. The van der Waals surface area contributed by atoms with Crippen LogP contribution in [0.4, 0.5) is 0 Å². The summed E-state index contributed by atoms with van der Waals surface area (Å²) in [5.74, 6) is -0.943. The molecule has 1 fully saturated rings. The summed E-state index contributed by atoms with van der Waals surface area (Å²) in [6.07, 6.45) is 1.86. The Morgan fingerprint density at radius 1 is 1.00 bits per heavy atom. The third-order valence-corrected chi connectivity index (χ3v) is 3.85. The Morgan fingerprint density at radius 3 is 2.19 bits per heavy atom. The molecule has 0 amide bonds. The molecule has 1 aliphatic carbocycles. The van der Waals surface area contributed by atoms with Crippen molar-refractivity contribution < 1.29 is 9.47 Å². The van der Waals surface area contributed by atoms with Crippen LogP contribution in [0.1, 0.15) is 5.56 Å². The molecule has 84 valence electrons. The van der Waals surface area contributed by atoms with E-state index >= 15 is 0 Å². The molecule has 2 nitrogen and oxygen atoms in total. The van der Waals surface area contributed by atoms with E-state index in [-0.39, 0.29) is 0 Å². The van der Waals surface area contributed by atoms with E-state index in [9.17, 15) is 0 Å². The van der Waals surface area contributed by atoms with Crippen molar-refractivity contribution in [1.29, 1.82) is 0 Å². The molecule has 4 heteroatoms. The molecular formula is C12H10Cl2O2. The summed E-state index contributed by atoms with van der Waals surface area (Å²) in [6.45, 7) is 1.06. The minimum atomic E-state index is -1.12. The van der Waals surface area contributed by atoms with Crippen LogP contribution < -0.4 is 0 Å². The van der Waals surface area contributed by atoms with Gasteiger partial charge in [0.1, 0.15) is 0 Å². The first-order valence-corrected chi connectivity index (χ1v) is 5.86. The Kier molecular flexibility index (Phi) is 2.30. The summed E-state index contributed by atoms with van der Waals surface area (Å²) >= 11 is 12.6. The topological polar surface area (TPSA) is 18.5 Å². The van der Waals surface area contributed by atoms with Gasteiger partial charge in [-0.15, -0.1) is 0 Å². The van der Waals surface area contributed by atoms with Crippen LogP contribution in [0.15, 0.2) is 36.4 Å². The van der Waals surface area contributed by atoms with E-state index in [1.54, 1.807) is 0 Å². The van der Waals surface area contributed by atoms with Crippen LogP contribution in [0.2, 0.25) is 0 Å². The molecule has 16 heavy (non-hydrogen) atoms. The zero-order chi connectivity index (χ0) is 11.2. The maximum absolute atomic E-state index is 6.32. The number of halogens is 2. The number of hydrogen-bond donors (Lipinski definition) is 0. The van der Waals surface area contributed by atoms with Gasteiger partial charge in [0.25, 0.3) is 0 Å². The van der Waals surface area contributed by atoms with Crippen molar-refractivity contribution in [2.24, 2.45) is 0 Å². The van der Waals surface area contributed by atoms with Crippen molar-refractivity contribution in [3.63, 3.8) is 0 Å². The van der Waals surface area contributed by atoms with Gasteiger partial charge in [-0.2, -0.15) is 0 Å². The first-order chi connectivity index (χ1) is 7.66. The Labute approximate surface area is 104 Å². The fourth-order valence-corrected chi connectivity index (χ4v) is 2.71. The number of hydrogen-bond acceptors (Lipinski definition) is 2. The lowest BCUT2D eigenvalue weighted by Gasteiger charge is -2.45. The standard InChI is InChI=1S/C12H10Cl2O2/c13-12(14)10(9-4-2-1-3-5-9)8-11(12)15-6-7-16-11/h1-5,8H,6-7H2. The van der Waals surface area contributed by atoms with Crippen LogP contribution in [-0.4, -0.2) is 23.3 Å². The van der Waals surface area contributed by atoms with Crippen molar-refractivity contribution in [1.82, 2.24) is 0 Å². The molecular weight excluding hydrogens is 247 g/mol. The molecule has 1 heterocycles. The highest BCUT2D eigenvalue weighted by Gasteiger charge is 2.63. The van der Waals surface area contributed by atoms with E-state index in [1.165, 1.54) is 0 Å². The lowest BCUT2D eigenvalue weighted by Crippen LogP contribution is -2.54. The highest BCUT2D eigenvalue weighted by atomic mass is 35.5. The van der Waals surface area contributed by atoms with Crippen LogP contribution in [0, 0.1) is 0 Å². The van der Waals surface area contributed by atoms with Gasteiger partial charge in [-0.3, -0.25) is 0 Å². The Bertz CT molecular complexity index is 434. The van der Waals surface area contributed by atoms with E-state index in [2.05, 4.69) is 0 Å².